The summed E-state index contributed by atoms with van der Waals surface area (Å²) in [6.07, 6.45) is 7.21. The van der Waals surface area contributed by atoms with E-state index in [4.69, 9.17) is 17.3 Å². The van der Waals surface area contributed by atoms with Crippen LogP contribution in [-0.4, -0.2) is 9.55 Å². The molecule has 1 heterocycles. The minimum atomic E-state index is -0.0672. The van der Waals surface area contributed by atoms with Gasteiger partial charge in [0.25, 0.3) is 0 Å². The van der Waals surface area contributed by atoms with E-state index >= 15 is 0 Å². The third-order valence-electron chi connectivity index (χ3n) is 4.40. The van der Waals surface area contributed by atoms with Gasteiger partial charge in [-0.05, 0) is 30.5 Å². The summed E-state index contributed by atoms with van der Waals surface area (Å²) in [7, 11) is 2.00. The van der Waals surface area contributed by atoms with Gasteiger partial charge in [0, 0.05) is 29.9 Å². The predicted octanol–water partition coefficient (Wildman–Crippen LogP) is 3.20. The van der Waals surface area contributed by atoms with Crippen molar-refractivity contribution in [1.82, 2.24) is 9.55 Å². The Balaban J connectivity index is 1.99. The molecule has 1 aliphatic carbocycles. The average Bonchev–Trinajstić information content (AvgIpc) is 2.76. The standard InChI is InChI=1S/C15H18ClN3/c1-19-10-9-18-14(19)13(17)15(7-2-8-15)11-3-5-12(16)6-4-11/h3-6,9-10,13H,2,7-8,17H2,1H3. The van der Waals surface area contributed by atoms with Gasteiger partial charge in [-0.25, -0.2) is 4.98 Å². The van der Waals surface area contributed by atoms with Gasteiger partial charge in [0.15, 0.2) is 0 Å². The van der Waals surface area contributed by atoms with Gasteiger partial charge in [-0.1, -0.05) is 30.2 Å². The van der Waals surface area contributed by atoms with E-state index in [0.717, 1.165) is 23.7 Å². The second-order valence-electron chi connectivity index (χ2n) is 5.39. The molecule has 3 rings (SSSR count). The number of hydrogen-bond donors (Lipinski definition) is 1. The van der Waals surface area contributed by atoms with E-state index in [2.05, 4.69) is 17.1 Å². The SMILES string of the molecule is Cn1ccnc1C(N)C1(c2ccc(Cl)cc2)CCC1. The molecule has 4 heteroatoms. The second-order valence-corrected chi connectivity index (χ2v) is 5.83. The van der Waals surface area contributed by atoms with E-state index < -0.39 is 0 Å². The summed E-state index contributed by atoms with van der Waals surface area (Å²) in [4.78, 5) is 4.42. The lowest BCUT2D eigenvalue weighted by Crippen LogP contribution is -2.45. The smallest absolute Gasteiger partial charge is 0.126 e. The lowest BCUT2D eigenvalue weighted by atomic mass is 9.60. The van der Waals surface area contributed by atoms with Crippen LogP contribution in [0.2, 0.25) is 5.02 Å². The molecule has 0 radical (unpaired) electrons. The van der Waals surface area contributed by atoms with Crippen LogP contribution in [0.5, 0.6) is 0 Å². The number of halogens is 1. The van der Waals surface area contributed by atoms with Gasteiger partial charge >= 0.3 is 0 Å². The van der Waals surface area contributed by atoms with Crippen molar-refractivity contribution in [1.29, 1.82) is 0 Å². The highest BCUT2D eigenvalue weighted by Crippen LogP contribution is 2.50. The van der Waals surface area contributed by atoms with Crippen LogP contribution in [0, 0.1) is 0 Å². The van der Waals surface area contributed by atoms with Crippen LogP contribution < -0.4 is 5.73 Å². The van der Waals surface area contributed by atoms with E-state index in [1.807, 2.05) is 36.1 Å². The molecule has 2 N–H and O–H groups in total. The molecule has 2 aromatic rings. The molecule has 1 aromatic carbocycles. The number of aromatic nitrogens is 2. The van der Waals surface area contributed by atoms with Crippen molar-refractivity contribution in [2.45, 2.75) is 30.7 Å². The molecule has 1 aromatic heterocycles. The van der Waals surface area contributed by atoms with Crippen LogP contribution in [0.3, 0.4) is 0 Å². The van der Waals surface area contributed by atoms with Crippen molar-refractivity contribution in [2.24, 2.45) is 12.8 Å². The number of benzene rings is 1. The van der Waals surface area contributed by atoms with Crippen LogP contribution in [0.15, 0.2) is 36.7 Å². The average molecular weight is 276 g/mol. The largest absolute Gasteiger partial charge is 0.337 e. The molecule has 1 aliphatic rings. The van der Waals surface area contributed by atoms with Gasteiger partial charge in [-0.15, -0.1) is 0 Å². The molecule has 1 unspecified atom stereocenters. The van der Waals surface area contributed by atoms with Crippen molar-refractivity contribution in [3.8, 4) is 0 Å². The van der Waals surface area contributed by atoms with Gasteiger partial charge in [-0.3, -0.25) is 0 Å². The van der Waals surface area contributed by atoms with E-state index in [1.54, 1.807) is 0 Å². The van der Waals surface area contributed by atoms with Crippen LogP contribution >= 0.6 is 11.6 Å². The molecular formula is C15H18ClN3. The number of nitrogens with zero attached hydrogens (tertiary/aromatic N) is 2. The van der Waals surface area contributed by atoms with Crippen molar-refractivity contribution >= 4 is 11.6 Å². The summed E-state index contributed by atoms with van der Waals surface area (Å²) in [6.45, 7) is 0. The van der Waals surface area contributed by atoms with Crippen LogP contribution in [0.25, 0.3) is 0 Å². The van der Waals surface area contributed by atoms with Gasteiger partial charge in [-0.2, -0.15) is 0 Å². The predicted molar refractivity (Wildman–Crippen MR) is 77.1 cm³/mol. The first-order valence-electron chi connectivity index (χ1n) is 6.62. The molecule has 1 saturated carbocycles. The van der Waals surface area contributed by atoms with Gasteiger partial charge in [0.1, 0.15) is 5.82 Å². The normalized spacial score (nSPS) is 18.9. The van der Waals surface area contributed by atoms with E-state index in [0.29, 0.717) is 0 Å². The first kappa shape index (κ1) is 12.7. The fraction of sp³-hybridized carbons (Fsp3) is 0.400. The Morgan fingerprint density at radius 3 is 2.47 bits per heavy atom. The molecule has 19 heavy (non-hydrogen) atoms. The molecular weight excluding hydrogens is 258 g/mol. The summed E-state index contributed by atoms with van der Waals surface area (Å²) in [6, 6.07) is 8.03. The Labute approximate surface area is 118 Å². The maximum Gasteiger partial charge on any atom is 0.126 e. The Bertz CT molecular complexity index is 569. The zero-order valence-electron chi connectivity index (χ0n) is 11.0. The first-order chi connectivity index (χ1) is 9.13. The first-order valence-corrected chi connectivity index (χ1v) is 7.00. The van der Waals surface area contributed by atoms with Crippen molar-refractivity contribution in [3.05, 3.63) is 53.1 Å². The van der Waals surface area contributed by atoms with E-state index in [-0.39, 0.29) is 11.5 Å². The minimum Gasteiger partial charge on any atom is -0.337 e. The lowest BCUT2D eigenvalue weighted by Gasteiger charge is -2.46. The van der Waals surface area contributed by atoms with Crippen LogP contribution in [0.4, 0.5) is 0 Å². The number of rotatable bonds is 3. The van der Waals surface area contributed by atoms with E-state index in [9.17, 15) is 0 Å². The summed E-state index contributed by atoms with van der Waals surface area (Å²) >= 11 is 5.98. The molecule has 100 valence electrons. The number of imidazole rings is 1. The van der Waals surface area contributed by atoms with Gasteiger partial charge < -0.3 is 10.3 Å². The van der Waals surface area contributed by atoms with Gasteiger partial charge in [0.05, 0.1) is 6.04 Å². The molecule has 0 saturated heterocycles. The fourth-order valence-electron chi connectivity index (χ4n) is 3.04. The maximum absolute atomic E-state index is 6.53. The quantitative estimate of drug-likeness (QED) is 0.935. The Kier molecular flexibility index (Phi) is 3.11. The zero-order chi connectivity index (χ0) is 13.5. The topological polar surface area (TPSA) is 43.8 Å². The van der Waals surface area contributed by atoms with Crippen molar-refractivity contribution in [2.75, 3.05) is 0 Å². The molecule has 1 atom stereocenters. The van der Waals surface area contributed by atoms with Crippen molar-refractivity contribution < 1.29 is 0 Å². The Hall–Kier alpha value is -1.32. The summed E-state index contributed by atoms with van der Waals surface area (Å²) in [5, 5.41) is 0.767. The fourth-order valence-corrected chi connectivity index (χ4v) is 3.17. The number of nitrogens with two attached hydrogens (primary N) is 1. The highest BCUT2D eigenvalue weighted by atomic mass is 35.5. The highest BCUT2D eigenvalue weighted by Gasteiger charge is 2.45. The Morgan fingerprint density at radius 1 is 1.32 bits per heavy atom. The third kappa shape index (κ3) is 1.97. The van der Waals surface area contributed by atoms with Crippen molar-refractivity contribution in [3.63, 3.8) is 0 Å². The third-order valence-corrected chi connectivity index (χ3v) is 4.65. The van der Waals surface area contributed by atoms with E-state index in [1.165, 1.54) is 12.0 Å². The zero-order valence-corrected chi connectivity index (χ0v) is 11.8. The molecule has 3 nitrogen and oxygen atoms in total. The highest BCUT2D eigenvalue weighted by molar-refractivity contribution is 6.30. The molecule has 0 amide bonds. The molecule has 0 spiro atoms. The van der Waals surface area contributed by atoms with Crippen LogP contribution in [0.1, 0.15) is 36.7 Å². The summed E-state index contributed by atoms with van der Waals surface area (Å²) in [5.74, 6) is 0.953. The van der Waals surface area contributed by atoms with Crippen LogP contribution in [-0.2, 0) is 12.5 Å². The molecule has 0 aliphatic heterocycles. The number of aryl methyl sites for hydroxylation is 1. The minimum absolute atomic E-state index is 0.0176. The summed E-state index contributed by atoms with van der Waals surface area (Å²) < 4.78 is 2.01. The lowest BCUT2D eigenvalue weighted by molar-refractivity contribution is 0.189. The number of hydrogen-bond acceptors (Lipinski definition) is 2. The Morgan fingerprint density at radius 2 is 2.00 bits per heavy atom. The summed E-state index contributed by atoms with van der Waals surface area (Å²) in [5.41, 5.74) is 7.83. The second kappa shape index (κ2) is 4.66. The maximum atomic E-state index is 6.53. The van der Waals surface area contributed by atoms with Gasteiger partial charge in [0.2, 0.25) is 0 Å². The monoisotopic (exact) mass is 275 g/mol. The molecule has 0 bridgehead atoms. The molecule has 1 fully saturated rings.